The van der Waals surface area contributed by atoms with Crippen LogP contribution in [0, 0.1) is 0 Å². The number of nitrogens with zero attached hydrogens (tertiary/aromatic N) is 1. The SMILES string of the molecule is NNc1scc(-c2cccs2)[n+]1-c1ccccc1. The number of nitrogen functional groups attached to an aromatic ring is 1. The molecule has 0 amide bonds. The van der Waals surface area contributed by atoms with Gasteiger partial charge in [0.25, 0.3) is 0 Å². The Morgan fingerprint density at radius 2 is 1.83 bits per heavy atom. The van der Waals surface area contributed by atoms with Crippen molar-refractivity contribution in [3.63, 3.8) is 0 Å². The van der Waals surface area contributed by atoms with Crippen molar-refractivity contribution < 1.29 is 4.57 Å². The maximum absolute atomic E-state index is 5.60. The molecule has 0 aliphatic carbocycles. The second-order valence-electron chi connectivity index (χ2n) is 3.72. The van der Waals surface area contributed by atoms with Crippen molar-refractivity contribution in [2.24, 2.45) is 5.84 Å². The number of rotatable bonds is 3. The van der Waals surface area contributed by atoms with E-state index in [0.29, 0.717) is 0 Å². The molecule has 3 rings (SSSR count). The molecule has 5 heteroatoms. The lowest BCUT2D eigenvalue weighted by atomic mass is 10.3. The van der Waals surface area contributed by atoms with E-state index in [2.05, 4.69) is 45.0 Å². The highest BCUT2D eigenvalue weighted by Gasteiger charge is 2.20. The van der Waals surface area contributed by atoms with Crippen LogP contribution in [0.15, 0.2) is 53.2 Å². The van der Waals surface area contributed by atoms with Crippen molar-refractivity contribution in [3.05, 3.63) is 53.2 Å². The van der Waals surface area contributed by atoms with Gasteiger partial charge in [0, 0.05) is 5.38 Å². The second kappa shape index (κ2) is 4.89. The Morgan fingerprint density at radius 3 is 2.50 bits per heavy atom. The summed E-state index contributed by atoms with van der Waals surface area (Å²) in [5.41, 5.74) is 5.03. The van der Waals surface area contributed by atoms with Crippen LogP contribution >= 0.6 is 22.7 Å². The molecule has 1 aromatic carbocycles. The summed E-state index contributed by atoms with van der Waals surface area (Å²) in [4.78, 5) is 1.23. The highest BCUT2D eigenvalue weighted by atomic mass is 32.1. The van der Waals surface area contributed by atoms with E-state index < -0.39 is 0 Å². The summed E-state index contributed by atoms with van der Waals surface area (Å²) in [6.45, 7) is 0. The molecule has 0 unspecified atom stereocenters. The van der Waals surface area contributed by atoms with Gasteiger partial charge in [0.1, 0.15) is 5.69 Å². The minimum atomic E-state index is 0.921. The van der Waals surface area contributed by atoms with Crippen molar-refractivity contribution in [3.8, 4) is 16.3 Å². The average Bonchev–Trinajstić information content (AvgIpc) is 3.08. The number of thiazole rings is 1. The fourth-order valence-corrected chi connectivity index (χ4v) is 3.49. The number of thiophene rings is 1. The average molecular weight is 274 g/mol. The van der Waals surface area contributed by atoms with Crippen LogP contribution in [0.25, 0.3) is 16.3 Å². The van der Waals surface area contributed by atoms with Gasteiger partial charge in [0.15, 0.2) is 5.69 Å². The summed E-state index contributed by atoms with van der Waals surface area (Å²) < 4.78 is 2.14. The summed E-state index contributed by atoms with van der Waals surface area (Å²) in [5.74, 6) is 5.60. The van der Waals surface area contributed by atoms with E-state index in [1.165, 1.54) is 4.88 Å². The summed E-state index contributed by atoms with van der Waals surface area (Å²) >= 11 is 3.33. The Hall–Kier alpha value is -1.69. The van der Waals surface area contributed by atoms with E-state index in [0.717, 1.165) is 16.5 Å². The minimum Gasteiger partial charge on any atom is -0.189 e. The Bertz CT molecular complexity index is 630. The molecule has 18 heavy (non-hydrogen) atoms. The normalized spacial score (nSPS) is 10.5. The minimum absolute atomic E-state index is 0.921. The van der Waals surface area contributed by atoms with Crippen LogP contribution in [0.5, 0.6) is 0 Å². The molecule has 0 radical (unpaired) electrons. The maximum Gasteiger partial charge on any atom is 0.357 e. The molecule has 0 fully saturated rings. The zero-order valence-corrected chi connectivity index (χ0v) is 11.2. The molecule has 3 N–H and O–H groups in total. The third kappa shape index (κ3) is 1.92. The molecule has 0 bridgehead atoms. The van der Waals surface area contributed by atoms with E-state index >= 15 is 0 Å². The van der Waals surface area contributed by atoms with E-state index in [-0.39, 0.29) is 0 Å². The van der Waals surface area contributed by atoms with Gasteiger partial charge >= 0.3 is 5.13 Å². The summed E-state index contributed by atoms with van der Waals surface area (Å²) in [6, 6.07) is 14.4. The molecule has 90 valence electrons. The van der Waals surface area contributed by atoms with Crippen molar-refractivity contribution in [1.29, 1.82) is 0 Å². The molecular weight excluding hydrogens is 262 g/mol. The molecule has 0 atom stereocenters. The molecule has 0 aliphatic rings. The van der Waals surface area contributed by atoms with Gasteiger partial charge < -0.3 is 0 Å². The van der Waals surface area contributed by atoms with E-state index in [4.69, 9.17) is 5.84 Å². The largest absolute Gasteiger partial charge is 0.357 e. The Kier molecular flexibility index (Phi) is 3.10. The second-order valence-corrected chi connectivity index (χ2v) is 5.52. The standard InChI is InChI=1S/C13H11N3S2/c14-15-13-16(10-5-2-1-3-6-10)11(9-18-13)12-7-4-8-17-12/h1-9H,14H2/p+1. The molecule has 3 nitrogen and oxygen atoms in total. The van der Waals surface area contributed by atoms with Gasteiger partial charge in [-0.2, -0.15) is 15.8 Å². The Balaban J connectivity index is 2.20. The lowest BCUT2D eigenvalue weighted by Crippen LogP contribution is -2.35. The molecule has 2 heterocycles. The number of hydrogen-bond donors (Lipinski definition) is 2. The van der Waals surface area contributed by atoms with Crippen LogP contribution in [0.1, 0.15) is 0 Å². The van der Waals surface area contributed by atoms with Crippen molar-refractivity contribution in [2.45, 2.75) is 0 Å². The monoisotopic (exact) mass is 274 g/mol. The van der Waals surface area contributed by atoms with Crippen molar-refractivity contribution in [2.75, 3.05) is 5.43 Å². The number of nitrogens with two attached hydrogens (primary N) is 1. The zero-order valence-electron chi connectivity index (χ0n) is 9.54. The molecule has 2 aromatic heterocycles. The summed E-state index contributed by atoms with van der Waals surface area (Å²) in [6.07, 6.45) is 0. The Morgan fingerprint density at radius 1 is 1.00 bits per heavy atom. The van der Waals surface area contributed by atoms with E-state index in [1.807, 2.05) is 18.2 Å². The lowest BCUT2D eigenvalue weighted by molar-refractivity contribution is -0.563. The zero-order chi connectivity index (χ0) is 12.4. The third-order valence-electron chi connectivity index (χ3n) is 2.64. The topological polar surface area (TPSA) is 41.9 Å². The van der Waals surface area contributed by atoms with Gasteiger partial charge in [-0.25, -0.2) is 0 Å². The third-order valence-corrected chi connectivity index (χ3v) is 4.39. The van der Waals surface area contributed by atoms with Crippen LogP contribution in [-0.4, -0.2) is 0 Å². The summed E-state index contributed by atoms with van der Waals surface area (Å²) in [7, 11) is 0. The van der Waals surface area contributed by atoms with Gasteiger partial charge in [-0.1, -0.05) is 35.6 Å². The van der Waals surface area contributed by atoms with Crippen LogP contribution in [0.4, 0.5) is 5.13 Å². The first-order valence-corrected chi connectivity index (χ1v) is 7.25. The van der Waals surface area contributed by atoms with Gasteiger partial charge in [-0.05, 0) is 23.6 Å². The predicted octanol–water partition coefficient (Wildman–Crippen LogP) is 3.04. The van der Waals surface area contributed by atoms with Crippen LogP contribution < -0.4 is 15.8 Å². The number of para-hydroxylation sites is 1. The first-order valence-electron chi connectivity index (χ1n) is 5.49. The van der Waals surface area contributed by atoms with Crippen molar-refractivity contribution in [1.82, 2.24) is 0 Å². The molecule has 0 saturated carbocycles. The lowest BCUT2D eigenvalue weighted by Gasteiger charge is -2.02. The molecule has 3 aromatic rings. The number of nitrogens with one attached hydrogen (secondary N) is 1. The Labute approximate surface area is 113 Å². The van der Waals surface area contributed by atoms with Gasteiger partial charge in [-0.3, -0.25) is 0 Å². The quantitative estimate of drug-likeness (QED) is 0.438. The molecule has 0 aliphatic heterocycles. The number of benzene rings is 1. The smallest absolute Gasteiger partial charge is 0.189 e. The van der Waals surface area contributed by atoms with Crippen LogP contribution in [-0.2, 0) is 0 Å². The number of anilines is 1. The fourth-order valence-electron chi connectivity index (χ4n) is 1.85. The van der Waals surface area contributed by atoms with Crippen LogP contribution in [0.3, 0.4) is 0 Å². The van der Waals surface area contributed by atoms with Crippen LogP contribution in [0.2, 0.25) is 0 Å². The highest BCUT2D eigenvalue weighted by Crippen LogP contribution is 2.28. The number of aromatic nitrogens is 1. The van der Waals surface area contributed by atoms with Gasteiger partial charge in [-0.15, -0.1) is 11.3 Å². The van der Waals surface area contributed by atoms with E-state index in [9.17, 15) is 0 Å². The first kappa shape index (κ1) is 11.4. The van der Waals surface area contributed by atoms with Gasteiger partial charge in [0.2, 0.25) is 0 Å². The first-order chi connectivity index (χ1) is 8.90. The maximum atomic E-state index is 5.60. The van der Waals surface area contributed by atoms with Gasteiger partial charge in [0.05, 0.1) is 4.88 Å². The molecule has 0 saturated heterocycles. The fraction of sp³-hybridized carbons (Fsp3) is 0. The van der Waals surface area contributed by atoms with E-state index in [1.54, 1.807) is 22.7 Å². The molecule has 0 spiro atoms. The predicted molar refractivity (Wildman–Crippen MR) is 77.0 cm³/mol. The van der Waals surface area contributed by atoms with Crippen molar-refractivity contribution >= 4 is 27.8 Å². The number of hydrazine groups is 1. The highest BCUT2D eigenvalue weighted by molar-refractivity contribution is 7.15. The number of hydrogen-bond acceptors (Lipinski definition) is 4. The molecular formula is C13H12N3S2+. The summed E-state index contributed by atoms with van der Waals surface area (Å²) in [5, 5.41) is 5.12.